The molecular weight excluding hydrogens is 442 g/mol. The lowest BCUT2D eigenvalue weighted by molar-refractivity contribution is -0.126. The van der Waals surface area contributed by atoms with Gasteiger partial charge in [0.2, 0.25) is 5.91 Å². The molecule has 1 N–H and O–H groups in total. The van der Waals surface area contributed by atoms with E-state index < -0.39 is 0 Å². The molecule has 1 saturated heterocycles. The molecule has 0 aliphatic carbocycles. The van der Waals surface area contributed by atoms with Crippen LogP contribution >= 0.6 is 22.9 Å². The molecule has 4 rings (SSSR count). The Bertz CT molecular complexity index is 1080. The molecule has 32 heavy (non-hydrogen) atoms. The number of benzene rings is 2. The Morgan fingerprint density at radius 1 is 1.16 bits per heavy atom. The van der Waals surface area contributed by atoms with E-state index in [2.05, 4.69) is 39.9 Å². The summed E-state index contributed by atoms with van der Waals surface area (Å²) in [6, 6.07) is 15.2. The number of amides is 2. The SMILES string of the molecule is Cc1nc(-c2ccc(CCNC(=O)C3CCCN(C(=O)c4ccc(Cl)cc4)C3)cc2)cs1. The largest absolute Gasteiger partial charge is 0.355 e. The third-order valence-electron chi connectivity index (χ3n) is 5.75. The van der Waals surface area contributed by atoms with Gasteiger partial charge in [-0.3, -0.25) is 9.59 Å². The highest BCUT2D eigenvalue weighted by molar-refractivity contribution is 7.09. The Balaban J connectivity index is 1.26. The van der Waals surface area contributed by atoms with E-state index in [4.69, 9.17) is 11.6 Å². The molecule has 1 atom stereocenters. The lowest BCUT2D eigenvalue weighted by Crippen LogP contribution is -2.45. The smallest absolute Gasteiger partial charge is 0.253 e. The molecular formula is C25H26ClN3O2S. The summed E-state index contributed by atoms with van der Waals surface area (Å²) >= 11 is 7.56. The van der Waals surface area contributed by atoms with Gasteiger partial charge >= 0.3 is 0 Å². The zero-order valence-electron chi connectivity index (χ0n) is 18.0. The first-order chi connectivity index (χ1) is 15.5. The van der Waals surface area contributed by atoms with Crippen LogP contribution in [0.1, 0.15) is 33.8 Å². The third kappa shape index (κ3) is 5.56. The molecule has 2 heterocycles. The van der Waals surface area contributed by atoms with E-state index in [1.54, 1.807) is 40.5 Å². The monoisotopic (exact) mass is 467 g/mol. The number of hydrogen-bond acceptors (Lipinski definition) is 4. The third-order valence-corrected chi connectivity index (χ3v) is 6.78. The number of carbonyl (C=O) groups excluding carboxylic acids is 2. The number of rotatable bonds is 6. The molecule has 1 unspecified atom stereocenters. The average molecular weight is 468 g/mol. The number of aryl methyl sites for hydroxylation is 1. The summed E-state index contributed by atoms with van der Waals surface area (Å²) in [6.45, 7) is 3.71. The molecule has 0 radical (unpaired) electrons. The molecule has 2 amide bonds. The van der Waals surface area contributed by atoms with E-state index in [0.29, 0.717) is 30.2 Å². The van der Waals surface area contributed by atoms with Crippen molar-refractivity contribution in [1.29, 1.82) is 0 Å². The molecule has 1 aromatic heterocycles. The van der Waals surface area contributed by atoms with Crippen LogP contribution in [0.5, 0.6) is 0 Å². The van der Waals surface area contributed by atoms with Gasteiger partial charge in [-0.25, -0.2) is 4.98 Å². The molecule has 0 spiro atoms. The van der Waals surface area contributed by atoms with Crippen LogP contribution in [0.15, 0.2) is 53.9 Å². The molecule has 166 valence electrons. The number of piperidine rings is 1. The van der Waals surface area contributed by atoms with Gasteiger partial charge in [-0.2, -0.15) is 0 Å². The van der Waals surface area contributed by atoms with Crippen molar-refractivity contribution in [3.05, 3.63) is 75.1 Å². The molecule has 3 aromatic rings. The Morgan fingerprint density at radius 2 is 1.91 bits per heavy atom. The maximum atomic E-state index is 12.8. The number of thiazole rings is 1. The molecule has 0 bridgehead atoms. The summed E-state index contributed by atoms with van der Waals surface area (Å²) in [6.07, 6.45) is 2.40. The van der Waals surface area contributed by atoms with Crippen molar-refractivity contribution in [3.8, 4) is 11.3 Å². The van der Waals surface area contributed by atoms with Gasteiger partial charge in [-0.15, -0.1) is 11.3 Å². The first kappa shape index (κ1) is 22.5. The minimum atomic E-state index is -0.171. The van der Waals surface area contributed by atoms with Crippen LogP contribution in [0, 0.1) is 12.8 Å². The van der Waals surface area contributed by atoms with E-state index in [-0.39, 0.29) is 17.7 Å². The van der Waals surface area contributed by atoms with Gasteiger partial charge in [0, 0.05) is 41.2 Å². The number of nitrogens with zero attached hydrogens (tertiary/aromatic N) is 2. The van der Waals surface area contributed by atoms with Crippen molar-refractivity contribution >= 4 is 34.8 Å². The summed E-state index contributed by atoms with van der Waals surface area (Å²) in [5, 5.41) is 6.78. The topological polar surface area (TPSA) is 62.3 Å². The average Bonchev–Trinajstić information content (AvgIpc) is 3.26. The van der Waals surface area contributed by atoms with E-state index in [9.17, 15) is 9.59 Å². The Hall–Kier alpha value is -2.70. The molecule has 1 fully saturated rings. The quantitative estimate of drug-likeness (QED) is 0.556. The minimum Gasteiger partial charge on any atom is -0.355 e. The molecule has 5 nitrogen and oxygen atoms in total. The highest BCUT2D eigenvalue weighted by Gasteiger charge is 2.28. The zero-order valence-corrected chi connectivity index (χ0v) is 19.6. The second-order valence-electron chi connectivity index (χ2n) is 8.09. The van der Waals surface area contributed by atoms with Crippen LogP contribution in [0.3, 0.4) is 0 Å². The molecule has 7 heteroatoms. The molecule has 1 aliphatic rings. The number of nitrogens with one attached hydrogen (secondary N) is 1. The fourth-order valence-corrected chi connectivity index (χ4v) is 4.71. The molecule has 0 saturated carbocycles. The number of likely N-dealkylation sites (tertiary alicyclic amines) is 1. The Labute approximate surface area is 197 Å². The summed E-state index contributed by atoms with van der Waals surface area (Å²) in [4.78, 5) is 31.8. The lowest BCUT2D eigenvalue weighted by Gasteiger charge is -2.32. The Kier molecular flexibility index (Phi) is 7.22. The number of aromatic nitrogens is 1. The van der Waals surface area contributed by atoms with Crippen molar-refractivity contribution in [2.45, 2.75) is 26.2 Å². The summed E-state index contributed by atoms with van der Waals surface area (Å²) < 4.78 is 0. The van der Waals surface area contributed by atoms with Gasteiger partial charge in [0.25, 0.3) is 5.91 Å². The highest BCUT2D eigenvalue weighted by Crippen LogP contribution is 2.22. The van der Waals surface area contributed by atoms with Gasteiger partial charge in [-0.05, 0) is 56.0 Å². The van der Waals surface area contributed by atoms with Crippen molar-refractivity contribution in [2.75, 3.05) is 19.6 Å². The Morgan fingerprint density at radius 3 is 2.59 bits per heavy atom. The van der Waals surface area contributed by atoms with Crippen LogP contribution < -0.4 is 5.32 Å². The zero-order chi connectivity index (χ0) is 22.5. The predicted octanol–water partition coefficient (Wildman–Crippen LogP) is 4.98. The summed E-state index contributed by atoms with van der Waals surface area (Å²) in [5.74, 6) is -0.196. The second-order valence-corrected chi connectivity index (χ2v) is 9.59. The van der Waals surface area contributed by atoms with Gasteiger partial charge in [-0.1, -0.05) is 35.9 Å². The van der Waals surface area contributed by atoms with E-state index in [1.807, 2.05) is 6.92 Å². The maximum absolute atomic E-state index is 12.8. The normalized spacial score (nSPS) is 16.1. The van der Waals surface area contributed by atoms with Crippen LogP contribution in [0.2, 0.25) is 5.02 Å². The summed E-state index contributed by atoms with van der Waals surface area (Å²) in [5.41, 5.74) is 3.88. The fourth-order valence-electron chi connectivity index (χ4n) is 3.96. The van der Waals surface area contributed by atoms with Crippen molar-refractivity contribution in [3.63, 3.8) is 0 Å². The first-order valence-electron chi connectivity index (χ1n) is 10.8. The highest BCUT2D eigenvalue weighted by atomic mass is 35.5. The molecule has 1 aliphatic heterocycles. The lowest BCUT2D eigenvalue weighted by atomic mass is 9.96. The molecule has 2 aromatic carbocycles. The van der Waals surface area contributed by atoms with Gasteiger partial charge in [0.1, 0.15) is 0 Å². The number of halogens is 1. The fraction of sp³-hybridized carbons (Fsp3) is 0.320. The van der Waals surface area contributed by atoms with Crippen molar-refractivity contribution < 1.29 is 9.59 Å². The van der Waals surface area contributed by atoms with Crippen LogP contribution in [-0.4, -0.2) is 41.3 Å². The van der Waals surface area contributed by atoms with Gasteiger partial charge < -0.3 is 10.2 Å². The maximum Gasteiger partial charge on any atom is 0.253 e. The van der Waals surface area contributed by atoms with Crippen molar-refractivity contribution in [1.82, 2.24) is 15.2 Å². The van der Waals surface area contributed by atoms with E-state index >= 15 is 0 Å². The second kappa shape index (κ2) is 10.3. The van der Waals surface area contributed by atoms with Crippen LogP contribution in [0.25, 0.3) is 11.3 Å². The first-order valence-corrected chi connectivity index (χ1v) is 12.1. The number of carbonyl (C=O) groups is 2. The van der Waals surface area contributed by atoms with Crippen LogP contribution in [-0.2, 0) is 11.2 Å². The predicted molar refractivity (Wildman–Crippen MR) is 129 cm³/mol. The van der Waals surface area contributed by atoms with E-state index in [1.165, 1.54) is 5.56 Å². The van der Waals surface area contributed by atoms with Gasteiger partial charge in [0.05, 0.1) is 16.6 Å². The van der Waals surface area contributed by atoms with E-state index in [0.717, 1.165) is 35.5 Å². The van der Waals surface area contributed by atoms with Gasteiger partial charge in [0.15, 0.2) is 0 Å². The van der Waals surface area contributed by atoms with Crippen molar-refractivity contribution in [2.24, 2.45) is 5.92 Å². The minimum absolute atomic E-state index is 0.0215. The number of hydrogen-bond donors (Lipinski definition) is 1. The standard InChI is InChI=1S/C25H26ClN3O2S/c1-17-28-23(16-32-17)19-6-4-18(5-7-19)12-13-27-24(30)21-3-2-14-29(15-21)25(31)20-8-10-22(26)11-9-20/h4-11,16,21H,2-3,12-15H2,1H3,(H,27,30). The van der Waals surface area contributed by atoms with Crippen LogP contribution in [0.4, 0.5) is 0 Å². The summed E-state index contributed by atoms with van der Waals surface area (Å²) in [7, 11) is 0.